The number of carbonyl (C=O) groups is 2. The van der Waals surface area contributed by atoms with E-state index in [0.717, 1.165) is 25.9 Å². The highest BCUT2D eigenvalue weighted by Crippen LogP contribution is 2.59. The molecule has 2 amide bonds. The van der Waals surface area contributed by atoms with Crippen LogP contribution in [0.4, 0.5) is 0 Å². The van der Waals surface area contributed by atoms with Gasteiger partial charge in [-0.25, -0.2) is 0 Å². The fraction of sp³-hybridized carbons (Fsp3) is 0.867. The van der Waals surface area contributed by atoms with Crippen molar-refractivity contribution < 1.29 is 14.3 Å². The van der Waals surface area contributed by atoms with Crippen LogP contribution in [0.15, 0.2) is 0 Å². The highest BCUT2D eigenvalue weighted by Gasteiger charge is 2.64. The molecule has 2 saturated heterocycles. The molecular formula is C15H24N2O3. The number of piperidine rings is 1. The first-order chi connectivity index (χ1) is 9.38. The van der Waals surface area contributed by atoms with Crippen molar-refractivity contribution in [2.24, 2.45) is 16.7 Å². The van der Waals surface area contributed by atoms with Crippen LogP contribution in [0.5, 0.6) is 0 Å². The lowest BCUT2D eigenvalue weighted by Gasteiger charge is -2.48. The number of imide groups is 1. The summed E-state index contributed by atoms with van der Waals surface area (Å²) in [5.74, 6) is 0.0421. The van der Waals surface area contributed by atoms with Crippen molar-refractivity contribution in [1.29, 1.82) is 0 Å². The van der Waals surface area contributed by atoms with Crippen LogP contribution in [0.1, 0.15) is 33.6 Å². The van der Waals surface area contributed by atoms with Crippen molar-refractivity contribution in [2.45, 2.75) is 33.6 Å². The lowest BCUT2D eigenvalue weighted by atomic mass is 9.62. The molecule has 2 heterocycles. The van der Waals surface area contributed by atoms with Gasteiger partial charge >= 0.3 is 0 Å². The van der Waals surface area contributed by atoms with E-state index in [1.54, 1.807) is 0 Å². The van der Waals surface area contributed by atoms with Gasteiger partial charge in [0.05, 0.1) is 25.3 Å². The van der Waals surface area contributed by atoms with Gasteiger partial charge in [0.25, 0.3) is 0 Å². The van der Waals surface area contributed by atoms with Crippen LogP contribution >= 0.6 is 0 Å². The number of fused-ring (bicyclic) bond motifs is 2. The Balaban J connectivity index is 1.83. The van der Waals surface area contributed by atoms with Crippen molar-refractivity contribution in [1.82, 2.24) is 9.80 Å². The number of hydrogen-bond donors (Lipinski definition) is 0. The molecule has 2 unspecified atom stereocenters. The van der Waals surface area contributed by atoms with Gasteiger partial charge < -0.3 is 4.74 Å². The van der Waals surface area contributed by atoms with Crippen molar-refractivity contribution in [3.8, 4) is 0 Å². The molecular weight excluding hydrogens is 256 g/mol. The fourth-order valence-corrected chi connectivity index (χ4v) is 3.98. The second kappa shape index (κ2) is 4.53. The van der Waals surface area contributed by atoms with Gasteiger partial charge in [-0.2, -0.15) is 0 Å². The summed E-state index contributed by atoms with van der Waals surface area (Å²) in [6, 6.07) is 0. The summed E-state index contributed by atoms with van der Waals surface area (Å²) < 4.78 is 5.32. The van der Waals surface area contributed by atoms with E-state index >= 15 is 0 Å². The lowest BCUT2D eigenvalue weighted by Crippen LogP contribution is -2.61. The molecule has 5 nitrogen and oxygen atoms in total. The number of amides is 2. The molecule has 0 aromatic carbocycles. The van der Waals surface area contributed by atoms with Gasteiger partial charge in [0.2, 0.25) is 11.8 Å². The SMILES string of the molecule is CC12CCC(C(=O)N(CN3CCOCC3)C1=O)C2(C)C. The second-order valence-electron chi connectivity index (χ2n) is 7.09. The summed E-state index contributed by atoms with van der Waals surface area (Å²) in [6.45, 7) is 9.57. The fourth-order valence-electron chi connectivity index (χ4n) is 3.98. The molecule has 3 aliphatic rings. The van der Waals surface area contributed by atoms with Crippen LogP contribution < -0.4 is 0 Å². The van der Waals surface area contributed by atoms with Gasteiger partial charge in [0.1, 0.15) is 0 Å². The second-order valence-corrected chi connectivity index (χ2v) is 7.09. The Morgan fingerprint density at radius 3 is 2.50 bits per heavy atom. The zero-order valence-electron chi connectivity index (χ0n) is 12.6. The van der Waals surface area contributed by atoms with Gasteiger partial charge in [-0.3, -0.25) is 19.4 Å². The number of nitrogens with zero attached hydrogens (tertiary/aromatic N) is 2. The molecule has 2 aliphatic heterocycles. The van der Waals surface area contributed by atoms with Gasteiger partial charge in [-0.15, -0.1) is 0 Å². The summed E-state index contributed by atoms with van der Waals surface area (Å²) in [6.07, 6.45) is 1.67. The molecule has 5 heteroatoms. The lowest BCUT2D eigenvalue weighted by molar-refractivity contribution is -0.171. The van der Waals surface area contributed by atoms with E-state index < -0.39 is 5.41 Å². The Labute approximate surface area is 120 Å². The molecule has 3 fully saturated rings. The number of rotatable bonds is 2. The quantitative estimate of drug-likeness (QED) is 0.710. The Hall–Kier alpha value is -0.940. The summed E-state index contributed by atoms with van der Waals surface area (Å²) in [5.41, 5.74) is -0.611. The Morgan fingerprint density at radius 1 is 1.20 bits per heavy atom. The monoisotopic (exact) mass is 280 g/mol. The average molecular weight is 280 g/mol. The van der Waals surface area contributed by atoms with Crippen molar-refractivity contribution in [2.75, 3.05) is 33.0 Å². The summed E-state index contributed by atoms with van der Waals surface area (Å²) >= 11 is 0. The topological polar surface area (TPSA) is 49.9 Å². The van der Waals surface area contributed by atoms with Gasteiger partial charge in [-0.05, 0) is 18.3 Å². The van der Waals surface area contributed by atoms with E-state index in [1.165, 1.54) is 4.90 Å². The van der Waals surface area contributed by atoms with E-state index in [2.05, 4.69) is 18.7 Å². The number of morpholine rings is 1. The van der Waals surface area contributed by atoms with Gasteiger partial charge in [-0.1, -0.05) is 20.8 Å². The van der Waals surface area contributed by atoms with Crippen molar-refractivity contribution in [3.05, 3.63) is 0 Å². The molecule has 0 spiro atoms. The number of likely N-dealkylation sites (tertiary alicyclic amines) is 1. The first-order valence-corrected chi connectivity index (χ1v) is 7.54. The minimum Gasteiger partial charge on any atom is -0.379 e. The Bertz CT molecular complexity index is 442. The highest BCUT2D eigenvalue weighted by atomic mass is 16.5. The van der Waals surface area contributed by atoms with Crippen LogP contribution in [-0.4, -0.2) is 54.6 Å². The first-order valence-electron chi connectivity index (χ1n) is 7.54. The first kappa shape index (κ1) is 14.0. The van der Waals surface area contributed by atoms with E-state index in [9.17, 15) is 9.59 Å². The molecule has 1 saturated carbocycles. The van der Waals surface area contributed by atoms with Crippen molar-refractivity contribution >= 4 is 11.8 Å². The third kappa shape index (κ3) is 1.76. The maximum atomic E-state index is 12.9. The third-order valence-electron chi connectivity index (χ3n) is 5.95. The maximum Gasteiger partial charge on any atom is 0.236 e. The van der Waals surface area contributed by atoms with Crippen LogP contribution in [0, 0.1) is 16.7 Å². The third-order valence-corrected chi connectivity index (χ3v) is 5.95. The normalized spacial score (nSPS) is 37.5. The standard InChI is InChI=1S/C15H24N2O3/c1-14(2)11-4-5-15(14,3)13(19)17(12(11)18)10-16-6-8-20-9-7-16/h11H,4-10H2,1-3H3. The Kier molecular flexibility index (Phi) is 3.18. The van der Waals surface area contributed by atoms with E-state index in [0.29, 0.717) is 19.9 Å². The van der Waals surface area contributed by atoms with Gasteiger partial charge in [0, 0.05) is 19.0 Å². The molecule has 0 radical (unpaired) electrons. The number of carbonyl (C=O) groups excluding carboxylic acids is 2. The minimum atomic E-state index is -0.391. The predicted molar refractivity (Wildman–Crippen MR) is 73.7 cm³/mol. The molecule has 2 atom stereocenters. The van der Waals surface area contributed by atoms with Crippen molar-refractivity contribution in [3.63, 3.8) is 0 Å². The highest BCUT2D eigenvalue weighted by molar-refractivity contribution is 6.03. The minimum absolute atomic E-state index is 0.00811. The van der Waals surface area contributed by atoms with E-state index in [4.69, 9.17) is 4.74 Å². The van der Waals surface area contributed by atoms with Crippen LogP contribution in [0.25, 0.3) is 0 Å². The number of hydrogen-bond acceptors (Lipinski definition) is 4. The number of ether oxygens (including phenoxy) is 1. The molecule has 3 rings (SSSR count). The summed E-state index contributed by atoms with van der Waals surface area (Å²) in [5, 5.41) is 0. The van der Waals surface area contributed by atoms with Crippen LogP contribution in [0.3, 0.4) is 0 Å². The predicted octanol–water partition coefficient (Wildman–Crippen LogP) is 1.09. The van der Waals surface area contributed by atoms with E-state index in [1.807, 2.05) is 6.92 Å². The van der Waals surface area contributed by atoms with Crippen LogP contribution in [-0.2, 0) is 14.3 Å². The average Bonchev–Trinajstić information content (AvgIpc) is 2.61. The summed E-state index contributed by atoms with van der Waals surface area (Å²) in [7, 11) is 0. The maximum absolute atomic E-state index is 12.9. The molecule has 0 N–H and O–H groups in total. The molecule has 0 aromatic rings. The van der Waals surface area contributed by atoms with Gasteiger partial charge in [0.15, 0.2) is 0 Å². The molecule has 20 heavy (non-hydrogen) atoms. The van der Waals surface area contributed by atoms with E-state index in [-0.39, 0.29) is 23.1 Å². The molecule has 112 valence electrons. The molecule has 2 bridgehead atoms. The summed E-state index contributed by atoms with van der Waals surface area (Å²) in [4.78, 5) is 29.2. The Morgan fingerprint density at radius 2 is 1.85 bits per heavy atom. The molecule has 0 aromatic heterocycles. The van der Waals surface area contributed by atoms with Crippen LogP contribution in [0.2, 0.25) is 0 Å². The largest absolute Gasteiger partial charge is 0.379 e. The zero-order chi connectivity index (χ0) is 14.5. The smallest absolute Gasteiger partial charge is 0.236 e. The zero-order valence-corrected chi connectivity index (χ0v) is 12.6. The molecule has 1 aliphatic carbocycles.